The van der Waals surface area contributed by atoms with Gasteiger partial charge in [0, 0.05) is 23.4 Å². The number of halogens is 1. The predicted octanol–water partition coefficient (Wildman–Crippen LogP) is 2.87. The lowest BCUT2D eigenvalue weighted by Gasteiger charge is -2.48. The summed E-state index contributed by atoms with van der Waals surface area (Å²) in [7, 11) is 0. The number of hydrogen-bond donors (Lipinski definition) is 0. The van der Waals surface area contributed by atoms with Gasteiger partial charge in [-0.1, -0.05) is 13.8 Å². The van der Waals surface area contributed by atoms with Crippen LogP contribution in [-0.2, 0) is 0 Å². The monoisotopic (exact) mass is 211 g/mol. The first-order valence-corrected chi connectivity index (χ1v) is 5.25. The third-order valence-electron chi connectivity index (χ3n) is 2.97. The molecule has 2 atom stereocenters. The summed E-state index contributed by atoms with van der Waals surface area (Å²) >= 11 is 6.11. The smallest absolute Gasteiger partial charge is 0.138 e. The first-order valence-electron chi connectivity index (χ1n) is 4.81. The average Bonchev–Trinajstić information content (AvgIpc) is 2.19. The normalized spacial score (nSPS) is 29.4. The molecule has 0 N–H and O–H groups in total. The van der Waals surface area contributed by atoms with Gasteiger partial charge in [0.05, 0.1) is 6.20 Å². The molecule has 14 heavy (non-hydrogen) atoms. The summed E-state index contributed by atoms with van der Waals surface area (Å²) in [6.45, 7) is 4.27. The molecule has 2 unspecified atom stereocenters. The molecule has 1 saturated carbocycles. The van der Waals surface area contributed by atoms with E-state index >= 15 is 0 Å². The van der Waals surface area contributed by atoms with Gasteiger partial charge in [0.25, 0.3) is 0 Å². The van der Waals surface area contributed by atoms with Crippen molar-refractivity contribution in [2.75, 3.05) is 0 Å². The number of ether oxygens (including phenoxy) is 1. The van der Waals surface area contributed by atoms with Crippen molar-refractivity contribution in [1.82, 2.24) is 4.98 Å². The molecule has 1 aliphatic rings. The van der Waals surface area contributed by atoms with Crippen molar-refractivity contribution in [1.29, 1.82) is 0 Å². The first-order chi connectivity index (χ1) is 6.60. The summed E-state index contributed by atoms with van der Waals surface area (Å²) < 4.78 is 5.79. The Hall–Kier alpha value is -0.760. The molecule has 0 spiro atoms. The third-order valence-corrected chi connectivity index (χ3v) is 3.71. The van der Waals surface area contributed by atoms with E-state index in [1.54, 1.807) is 12.4 Å². The standard InChI is InChI=1S/C11H14ClNO/c1-11(2)9(12)6-10(11)14-8-4-3-5-13-7-8/h3-5,7,9-10H,6H2,1-2H3. The van der Waals surface area contributed by atoms with Crippen LogP contribution >= 0.6 is 11.6 Å². The number of alkyl halides is 1. The van der Waals surface area contributed by atoms with Crippen LogP contribution in [0.15, 0.2) is 24.5 Å². The largest absolute Gasteiger partial charge is 0.488 e. The summed E-state index contributed by atoms with van der Waals surface area (Å²) in [4.78, 5) is 4.00. The SMILES string of the molecule is CC1(C)C(Cl)CC1Oc1cccnc1. The van der Waals surface area contributed by atoms with Gasteiger partial charge >= 0.3 is 0 Å². The van der Waals surface area contributed by atoms with Crippen LogP contribution < -0.4 is 4.74 Å². The second kappa shape index (κ2) is 3.43. The summed E-state index contributed by atoms with van der Waals surface area (Å²) in [6.07, 6.45) is 4.61. The van der Waals surface area contributed by atoms with E-state index in [0.29, 0.717) is 0 Å². The fourth-order valence-corrected chi connectivity index (χ4v) is 1.92. The minimum Gasteiger partial charge on any atom is -0.488 e. The van der Waals surface area contributed by atoms with Crippen LogP contribution in [0, 0.1) is 5.41 Å². The lowest BCUT2D eigenvalue weighted by Crippen LogP contribution is -2.53. The Morgan fingerprint density at radius 2 is 2.36 bits per heavy atom. The molecule has 1 aliphatic carbocycles. The molecule has 0 bridgehead atoms. The first kappa shape index (κ1) is 9.78. The van der Waals surface area contributed by atoms with E-state index in [2.05, 4.69) is 18.8 Å². The van der Waals surface area contributed by atoms with E-state index < -0.39 is 0 Å². The van der Waals surface area contributed by atoms with Crippen molar-refractivity contribution in [3.05, 3.63) is 24.5 Å². The molecule has 3 heteroatoms. The van der Waals surface area contributed by atoms with Crippen LogP contribution in [0.4, 0.5) is 0 Å². The highest BCUT2D eigenvalue weighted by molar-refractivity contribution is 6.21. The predicted molar refractivity (Wildman–Crippen MR) is 56.7 cm³/mol. The van der Waals surface area contributed by atoms with Crippen molar-refractivity contribution in [3.8, 4) is 5.75 Å². The van der Waals surface area contributed by atoms with E-state index in [1.807, 2.05) is 12.1 Å². The van der Waals surface area contributed by atoms with Crippen LogP contribution in [0.5, 0.6) is 5.75 Å². The minimum absolute atomic E-state index is 0.0669. The topological polar surface area (TPSA) is 22.1 Å². The quantitative estimate of drug-likeness (QED) is 0.702. The maximum Gasteiger partial charge on any atom is 0.138 e. The third kappa shape index (κ3) is 1.59. The fourth-order valence-electron chi connectivity index (χ4n) is 1.62. The molecule has 76 valence electrons. The van der Waals surface area contributed by atoms with Crippen LogP contribution in [0.3, 0.4) is 0 Å². The molecule has 2 rings (SSSR count). The summed E-state index contributed by atoms with van der Waals surface area (Å²) in [6, 6.07) is 3.80. The molecule has 0 saturated heterocycles. The van der Waals surface area contributed by atoms with Gasteiger partial charge in [0.15, 0.2) is 0 Å². The van der Waals surface area contributed by atoms with Crippen molar-refractivity contribution in [3.63, 3.8) is 0 Å². The fraction of sp³-hybridized carbons (Fsp3) is 0.545. The molecular formula is C11H14ClNO. The molecule has 2 nitrogen and oxygen atoms in total. The minimum atomic E-state index is 0.0669. The highest BCUT2D eigenvalue weighted by Gasteiger charge is 2.49. The zero-order chi connectivity index (χ0) is 10.2. The van der Waals surface area contributed by atoms with E-state index in [1.165, 1.54) is 0 Å². The number of pyridine rings is 1. The van der Waals surface area contributed by atoms with Crippen LogP contribution in [0.1, 0.15) is 20.3 Å². The van der Waals surface area contributed by atoms with Gasteiger partial charge in [-0.25, -0.2) is 0 Å². The van der Waals surface area contributed by atoms with Crippen molar-refractivity contribution >= 4 is 11.6 Å². The Morgan fingerprint density at radius 3 is 2.86 bits per heavy atom. The number of aromatic nitrogens is 1. The molecule has 1 fully saturated rings. The molecule has 1 aromatic rings. The molecule has 0 aliphatic heterocycles. The maximum atomic E-state index is 6.11. The number of hydrogen-bond acceptors (Lipinski definition) is 2. The average molecular weight is 212 g/mol. The van der Waals surface area contributed by atoms with E-state index in [-0.39, 0.29) is 16.9 Å². The van der Waals surface area contributed by atoms with Gasteiger partial charge in [-0.3, -0.25) is 4.98 Å². The highest BCUT2D eigenvalue weighted by atomic mass is 35.5. The number of rotatable bonds is 2. The molecule has 0 radical (unpaired) electrons. The van der Waals surface area contributed by atoms with Crippen molar-refractivity contribution < 1.29 is 4.74 Å². The van der Waals surface area contributed by atoms with Gasteiger partial charge in [-0.15, -0.1) is 11.6 Å². The molecular weight excluding hydrogens is 198 g/mol. The van der Waals surface area contributed by atoms with Crippen LogP contribution in [-0.4, -0.2) is 16.5 Å². The maximum absolute atomic E-state index is 6.11. The van der Waals surface area contributed by atoms with Crippen LogP contribution in [0.25, 0.3) is 0 Å². The van der Waals surface area contributed by atoms with E-state index in [9.17, 15) is 0 Å². The van der Waals surface area contributed by atoms with Gasteiger partial charge in [-0.05, 0) is 12.1 Å². The zero-order valence-electron chi connectivity index (χ0n) is 8.40. The van der Waals surface area contributed by atoms with E-state index in [4.69, 9.17) is 16.3 Å². The van der Waals surface area contributed by atoms with Gasteiger partial charge in [0.1, 0.15) is 11.9 Å². The lowest BCUT2D eigenvalue weighted by atomic mass is 9.68. The Bertz CT molecular complexity index is 312. The highest BCUT2D eigenvalue weighted by Crippen LogP contribution is 2.46. The number of nitrogens with zero attached hydrogens (tertiary/aromatic N) is 1. The Labute approximate surface area is 89.3 Å². The lowest BCUT2D eigenvalue weighted by molar-refractivity contribution is -0.0132. The molecule has 0 amide bonds. The summed E-state index contributed by atoms with van der Waals surface area (Å²) in [5.41, 5.74) is 0.0669. The summed E-state index contributed by atoms with van der Waals surface area (Å²) in [5.74, 6) is 0.828. The summed E-state index contributed by atoms with van der Waals surface area (Å²) in [5, 5.41) is 0.226. The van der Waals surface area contributed by atoms with Crippen molar-refractivity contribution in [2.45, 2.75) is 31.7 Å². The Kier molecular flexibility index (Phi) is 2.40. The van der Waals surface area contributed by atoms with E-state index in [0.717, 1.165) is 12.2 Å². The second-order valence-electron chi connectivity index (χ2n) is 4.32. The Morgan fingerprint density at radius 1 is 1.57 bits per heavy atom. The second-order valence-corrected chi connectivity index (χ2v) is 4.85. The zero-order valence-corrected chi connectivity index (χ0v) is 9.16. The van der Waals surface area contributed by atoms with Gasteiger partial charge < -0.3 is 4.74 Å². The molecule has 0 aromatic carbocycles. The molecule has 1 heterocycles. The molecule has 1 aromatic heterocycles. The Balaban J connectivity index is 2.01. The van der Waals surface area contributed by atoms with Crippen LogP contribution in [0.2, 0.25) is 0 Å². The van der Waals surface area contributed by atoms with Crippen molar-refractivity contribution in [2.24, 2.45) is 5.41 Å². The van der Waals surface area contributed by atoms with Gasteiger partial charge in [-0.2, -0.15) is 0 Å². The van der Waals surface area contributed by atoms with Gasteiger partial charge in [0.2, 0.25) is 0 Å².